The molecule has 3 aliphatic heterocycles. The Morgan fingerprint density at radius 3 is 2.95 bits per heavy atom. The number of nitrogens with zero attached hydrogens (tertiary/aromatic N) is 1. The highest BCUT2D eigenvalue weighted by Crippen LogP contribution is 2.48. The van der Waals surface area contributed by atoms with Gasteiger partial charge in [0, 0.05) is 47.7 Å². The molecule has 1 amide bonds. The average molecular weight is 581 g/mol. The molecule has 3 heterocycles. The van der Waals surface area contributed by atoms with Crippen molar-refractivity contribution in [3.8, 4) is 5.75 Å². The highest BCUT2D eigenvalue weighted by atomic mass is 35.5. The number of aryl methyl sites for hydroxylation is 1. The number of hydrogen-bond acceptors (Lipinski definition) is 6. The molecule has 1 spiro atoms. The van der Waals surface area contributed by atoms with E-state index in [1.807, 2.05) is 36.4 Å². The van der Waals surface area contributed by atoms with Crippen molar-refractivity contribution in [2.45, 2.75) is 62.1 Å². The van der Waals surface area contributed by atoms with Gasteiger partial charge in [-0.2, -0.15) is 0 Å². The van der Waals surface area contributed by atoms with Crippen LogP contribution in [0.5, 0.6) is 5.75 Å². The van der Waals surface area contributed by atoms with Crippen molar-refractivity contribution in [3.63, 3.8) is 0 Å². The number of ether oxygens (including phenoxy) is 2. The fraction of sp³-hybridized carbons (Fsp3) is 0.531. The third-order valence-electron chi connectivity index (χ3n) is 9.90. The summed E-state index contributed by atoms with van der Waals surface area (Å²) in [6.45, 7) is 2.88. The molecule has 40 heavy (non-hydrogen) atoms. The monoisotopic (exact) mass is 580 g/mol. The number of rotatable bonds is 0. The Balaban J connectivity index is 1.27. The van der Waals surface area contributed by atoms with Gasteiger partial charge in [0.15, 0.2) is 0 Å². The van der Waals surface area contributed by atoms with Crippen LogP contribution in [0.15, 0.2) is 48.6 Å². The minimum absolute atomic E-state index is 0.0583. The molecule has 8 heteroatoms. The van der Waals surface area contributed by atoms with Gasteiger partial charge in [0.25, 0.3) is 5.91 Å². The fourth-order valence-electron chi connectivity index (χ4n) is 7.65. The molecule has 4 bridgehead atoms. The largest absolute Gasteiger partial charge is 0.490 e. The molecule has 0 unspecified atom stereocenters. The van der Waals surface area contributed by atoms with E-state index in [0.29, 0.717) is 49.2 Å². The molecule has 0 radical (unpaired) electrons. The fourth-order valence-corrected chi connectivity index (χ4v) is 8.37. The first-order valence-corrected chi connectivity index (χ1v) is 16.0. The summed E-state index contributed by atoms with van der Waals surface area (Å²) >= 11 is 7.76. The van der Waals surface area contributed by atoms with E-state index in [4.69, 9.17) is 21.1 Å². The molecule has 2 aromatic carbocycles. The minimum Gasteiger partial charge on any atom is -0.490 e. The number of fused-ring (bicyclic) bond motifs is 7. The molecule has 6 nitrogen and oxygen atoms in total. The maximum absolute atomic E-state index is 13.1. The topological polar surface area (TPSA) is 71.0 Å². The zero-order valence-corrected chi connectivity index (χ0v) is 24.3. The van der Waals surface area contributed by atoms with Gasteiger partial charge in [-0.15, -0.1) is 0 Å². The Morgan fingerprint density at radius 2 is 2.08 bits per heavy atom. The van der Waals surface area contributed by atoms with E-state index >= 15 is 0 Å². The van der Waals surface area contributed by atoms with Crippen molar-refractivity contribution in [1.29, 1.82) is 0 Å². The number of nitrogens with one attached hydrogen (secondary N) is 1. The van der Waals surface area contributed by atoms with E-state index < -0.39 is 5.60 Å². The molecule has 212 valence electrons. The van der Waals surface area contributed by atoms with Crippen LogP contribution < -0.4 is 14.4 Å². The van der Waals surface area contributed by atoms with Crippen molar-refractivity contribution in [1.82, 2.24) is 4.72 Å². The molecule has 2 aliphatic carbocycles. The molecule has 5 aliphatic rings. The summed E-state index contributed by atoms with van der Waals surface area (Å²) in [5, 5.41) is 12.1. The van der Waals surface area contributed by atoms with E-state index in [2.05, 4.69) is 21.8 Å². The Kier molecular flexibility index (Phi) is 7.06. The zero-order chi connectivity index (χ0) is 27.3. The summed E-state index contributed by atoms with van der Waals surface area (Å²) in [7, 11) is 0. The van der Waals surface area contributed by atoms with Crippen LogP contribution in [-0.4, -0.2) is 54.8 Å². The van der Waals surface area contributed by atoms with E-state index in [-0.39, 0.29) is 17.4 Å². The SMILES string of the molecule is O=C1NSC/C=C\[C@@]2(O)CCO[C@H](C2)[C@@H]2CC[C@H]2CN2C[C@@]3(CCCc4cc(Cl)ccc43)COc3ccc1cc32. The van der Waals surface area contributed by atoms with Crippen LogP contribution in [0.3, 0.4) is 0 Å². The molecule has 2 fully saturated rings. The van der Waals surface area contributed by atoms with Gasteiger partial charge in [-0.1, -0.05) is 29.8 Å². The first-order valence-electron chi connectivity index (χ1n) is 14.7. The molecule has 7 rings (SSSR count). The molecule has 1 saturated carbocycles. The molecule has 1 saturated heterocycles. The van der Waals surface area contributed by atoms with Gasteiger partial charge in [0.1, 0.15) is 5.75 Å². The van der Waals surface area contributed by atoms with E-state index in [1.165, 1.54) is 23.1 Å². The number of carbonyl (C=O) groups excluding carboxylic acids is 1. The summed E-state index contributed by atoms with van der Waals surface area (Å²) < 4.78 is 15.9. The minimum atomic E-state index is -0.851. The number of aliphatic hydroxyl groups is 1. The van der Waals surface area contributed by atoms with Gasteiger partial charge in [-0.3, -0.25) is 9.52 Å². The lowest BCUT2D eigenvalue weighted by Gasteiger charge is -2.48. The standard InChI is InChI=1S/C32H37ClN2O4S/c33-24-6-8-26-21(15-24)3-1-10-31(26)19-35-18-23-4-7-25(23)29-17-32(37,12-13-38-29)11-2-14-40-34-30(36)22-5-9-28(39-20-31)27(35)16-22/h2,5-6,8-9,11,15-16,23,25,29,37H,1,3-4,7,10,12-14,17-20H2,(H,34,36)/b11-2-/t23-,25+,29+,31-,32+/m0/s1. The summed E-state index contributed by atoms with van der Waals surface area (Å²) in [5.41, 5.74) is 3.29. The van der Waals surface area contributed by atoms with Crippen LogP contribution >= 0.6 is 23.5 Å². The predicted molar refractivity (Wildman–Crippen MR) is 159 cm³/mol. The van der Waals surface area contributed by atoms with Gasteiger partial charge in [0.2, 0.25) is 0 Å². The third-order valence-corrected chi connectivity index (χ3v) is 10.8. The maximum Gasteiger partial charge on any atom is 0.261 e. The Bertz CT molecular complexity index is 1340. The van der Waals surface area contributed by atoms with Gasteiger partial charge < -0.3 is 19.5 Å². The zero-order valence-electron chi connectivity index (χ0n) is 22.7. The van der Waals surface area contributed by atoms with Crippen LogP contribution in [0.1, 0.15) is 60.0 Å². The van der Waals surface area contributed by atoms with Gasteiger partial charge in [-0.05, 0) is 97.3 Å². The first-order chi connectivity index (χ1) is 19.4. The van der Waals surface area contributed by atoms with Crippen LogP contribution in [-0.2, 0) is 16.6 Å². The van der Waals surface area contributed by atoms with E-state index in [9.17, 15) is 9.90 Å². The lowest BCUT2D eigenvalue weighted by atomic mass is 9.66. The van der Waals surface area contributed by atoms with Crippen molar-refractivity contribution in [2.75, 3.05) is 37.0 Å². The van der Waals surface area contributed by atoms with Crippen LogP contribution in [0.25, 0.3) is 0 Å². The van der Waals surface area contributed by atoms with Crippen molar-refractivity contribution >= 4 is 35.1 Å². The van der Waals surface area contributed by atoms with Gasteiger partial charge in [0.05, 0.1) is 30.6 Å². The molecule has 2 aromatic rings. The number of halogens is 1. The van der Waals surface area contributed by atoms with Gasteiger partial charge >= 0.3 is 0 Å². The number of hydrogen-bond donors (Lipinski definition) is 2. The summed E-state index contributed by atoms with van der Waals surface area (Å²) in [5.74, 6) is 2.18. The third kappa shape index (κ3) is 4.93. The molecular weight excluding hydrogens is 544 g/mol. The van der Waals surface area contributed by atoms with Crippen LogP contribution in [0, 0.1) is 11.8 Å². The summed E-state index contributed by atoms with van der Waals surface area (Å²) in [6.07, 6.45) is 10.6. The Morgan fingerprint density at radius 1 is 1.15 bits per heavy atom. The Labute approximate surface area is 245 Å². The highest BCUT2D eigenvalue weighted by molar-refractivity contribution is 7.98. The summed E-state index contributed by atoms with van der Waals surface area (Å²) in [6, 6.07) is 12.2. The maximum atomic E-state index is 13.1. The molecule has 0 aromatic heterocycles. The highest BCUT2D eigenvalue weighted by Gasteiger charge is 2.46. The summed E-state index contributed by atoms with van der Waals surface area (Å²) in [4.78, 5) is 15.6. The smallest absolute Gasteiger partial charge is 0.261 e. The van der Waals surface area contributed by atoms with Crippen molar-refractivity contribution < 1.29 is 19.4 Å². The lowest BCUT2D eigenvalue weighted by molar-refractivity contribution is -0.125. The second kappa shape index (κ2) is 10.6. The normalized spacial score (nSPS) is 34.4. The average Bonchev–Trinajstić information content (AvgIpc) is 3.07. The second-order valence-electron chi connectivity index (χ2n) is 12.4. The molecular formula is C32H37ClN2O4S. The van der Waals surface area contributed by atoms with Crippen molar-refractivity contribution in [2.24, 2.45) is 11.8 Å². The number of amides is 1. The number of carbonyl (C=O) groups is 1. The molecule has 2 N–H and O–H groups in total. The van der Waals surface area contributed by atoms with Crippen molar-refractivity contribution in [3.05, 3.63) is 70.3 Å². The number of anilines is 1. The van der Waals surface area contributed by atoms with Crippen LogP contribution in [0.2, 0.25) is 5.02 Å². The van der Waals surface area contributed by atoms with E-state index in [1.54, 1.807) is 0 Å². The number of benzene rings is 2. The second-order valence-corrected chi connectivity index (χ2v) is 13.7. The molecule has 5 atom stereocenters. The quantitative estimate of drug-likeness (QED) is 0.308. The lowest BCUT2D eigenvalue weighted by Crippen LogP contribution is -2.52. The Hall–Kier alpha value is -2.19. The van der Waals surface area contributed by atoms with Gasteiger partial charge in [-0.25, -0.2) is 0 Å². The van der Waals surface area contributed by atoms with E-state index in [0.717, 1.165) is 61.7 Å². The first kappa shape index (κ1) is 26.7. The predicted octanol–water partition coefficient (Wildman–Crippen LogP) is 5.70. The van der Waals surface area contributed by atoms with Crippen LogP contribution in [0.4, 0.5) is 5.69 Å².